The molecule has 1 aromatic heterocycles. The summed E-state index contributed by atoms with van der Waals surface area (Å²) in [6.45, 7) is 5.66. The molecule has 0 N–H and O–H groups in total. The van der Waals surface area contributed by atoms with Gasteiger partial charge in [0.1, 0.15) is 5.15 Å². The Morgan fingerprint density at radius 2 is 2.20 bits per heavy atom. The molecule has 0 bridgehead atoms. The number of ether oxygens (including phenoxy) is 2. The molecule has 3 nitrogen and oxygen atoms in total. The number of pyridine rings is 1. The molecule has 1 aromatic rings. The van der Waals surface area contributed by atoms with Crippen LogP contribution in [0, 0.1) is 0 Å². The lowest BCUT2D eigenvalue weighted by molar-refractivity contribution is 0.0142. The molecular formula is C11H16ClNO2. The van der Waals surface area contributed by atoms with E-state index in [-0.39, 0.29) is 6.10 Å². The Kier molecular flexibility index (Phi) is 5.61. The minimum Gasteiger partial charge on any atom is -0.376 e. The van der Waals surface area contributed by atoms with Crippen LogP contribution in [0.3, 0.4) is 0 Å². The van der Waals surface area contributed by atoms with Crippen molar-refractivity contribution >= 4 is 11.6 Å². The van der Waals surface area contributed by atoms with Crippen LogP contribution in [0.2, 0.25) is 5.15 Å². The molecule has 0 atom stereocenters. The Morgan fingerprint density at radius 3 is 2.87 bits per heavy atom. The molecule has 84 valence electrons. The molecule has 1 heterocycles. The van der Waals surface area contributed by atoms with Gasteiger partial charge in [0.05, 0.1) is 25.9 Å². The second-order valence-corrected chi connectivity index (χ2v) is 3.78. The standard InChI is InChI=1S/C11H16ClNO2/c1-9(2)15-7-6-14-8-10-4-3-5-13-11(10)12/h3-5,9H,6-8H2,1-2H3. The summed E-state index contributed by atoms with van der Waals surface area (Å²) < 4.78 is 10.7. The molecule has 0 saturated heterocycles. The summed E-state index contributed by atoms with van der Waals surface area (Å²) in [5.74, 6) is 0. The molecule has 0 aliphatic rings. The molecule has 0 amide bonds. The summed E-state index contributed by atoms with van der Waals surface area (Å²) in [5, 5.41) is 0.502. The Balaban J connectivity index is 2.18. The number of hydrogen-bond acceptors (Lipinski definition) is 3. The van der Waals surface area contributed by atoms with E-state index in [9.17, 15) is 0 Å². The van der Waals surface area contributed by atoms with Crippen LogP contribution in [-0.2, 0) is 16.1 Å². The third-order valence-corrected chi connectivity index (χ3v) is 2.11. The van der Waals surface area contributed by atoms with Gasteiger partial charge < -0.3 is 9.47 Å². The van der Waals surface area contributed by atoms with Gasteiger partial charge in [-0.05, 0) is 19.9 Å². The van der Waals surface area contributed by atoms with Crippen LogP contribution in [0.5, 0.6) is 0 Å². The zero-order chi connectivity index (χ0) is 11.1. The maximum absolute atomic E-state index is 5.87. The molecule has 0 radical (unpaired) electrons. The molecule has 4 heteroatoms. The highest BCUT2D eigenvalue weighted by atomic mass is 35.5. The lowest BCUT2D eigenvalue weighted by Gasteiger charge is -2.08. The molecule has 0 aromatic carbocycles. The average molecular weight is 230 g/mol. The summed E-state index contributed by atoms with van der Waals surface area (Å²) >= 11 is 5.87. The highest BCUT2D eigenvalue weighted by Crippen LogP contribution is 2.12. The maximum atomic E-state index is 5.87. The lowest BCUT2D eigenvalue weighted by atomic mass is 10.3. The quantitative estimate of drug-likeness (QED) is 0.555. The van der Waals surface area contributed by atoms with Crippen molar-refractivity contribution in [2.24, 2.45) is 0 Å². The van der Waals surface area contributed by atoms with Crippen molar-refractivity contribution in [1.29, 1.82) is 0 Å². The first-order chi connectivity index (χ1) is 7.20. The average Bonchev–Trinajstić information content (AvgIpc) is 2.20. The van der Waals surface area contributed by atoms with Crippen LogP contribution < -0.4 is 0 Å². The normalized spacial score (nSPS) is 10.9. The van der Waals surface area contributed by atoms with Gasteiger partial charge in [-0.1, -0.05) is 17.7 Å². The number of hydrogen-bond donors (Lipinski definition) is 0. The van der Waals surface area contributed by atoms with E-state index in [1.54, 1.807) is 6.20 Å². The molecule has 0 spiro atoms. The van der Waals surface area contributed by atoms with E-state index in [0.29, 0.717) is 25.0 Å². The third-order valence-electron chi connectivity index (χ3n) is 1.77. The fourth-order valence-electron chi connectivity index (χ4n) is 1.05. The molecule has 0 saturated carbocycles. The largest absolute Gasteiger partial charge is 0.376 e. The van der Waals surface area contributed by atoms with E-state index in [4.69, 9.17) is 21.1 Å². The smallest absolute Gasteiger partial charge is 0.134 e. The highest BCUT2D eigenvalue weighted by molar-refractivity contribution is 6.30. The summed E-state index contributed by atoms with van der Waals surface area (Å²) in [5.41, 5.74) is 0.906. The summed E-state index contributed by atoms with van der Waals surface area (Å²) in [6, 6.07) is 3.74. The van der Waals surface area contributed by atoms with Crippen LogP contribution >= 0.6 is 11.6 Å². The number of halogens is 1. The monoisotopic (exact) mass is 229 g/mol. The fraction of sp³-hybridized carbons (Fsp3) is 0.545. The summed E-state index contributed by atoms with van der Waals surface area (Å²) in [7, 11) is 0. The van der Waals surface area contributed by atoms with Crippen molar-refractivity contribution in [3.8, 4) is 0 Å². The van der Waals surface area contributed by atoms with Gasteiger partial charge in [0.25, 0.3) is 0 Å². The topological polar surface area (TPSA) is 31.4 Å². The molecule has 0 aliphatic carbocycles. The van der Waals surface area contributed by atoms with Crippen molar-refractivity contribution in [2.45, 2.75) is 26.6 Å². The SMILES string of the molecule is CC(C)OCCOCc1cccnc1Cl. The third kappa shape index (κ3) is 5.11. The zero-order valence-electron chi connectivity index (χ0n) is 9.07. The van der Waals surface area contributed by atoms with E-state index in [2.05, 4.69) is 4.98 Å². The highest BCUT2D eigenvalue weighted by Gasteiger charge is 2.00. The van der Waals surface area contributed by atoms with E-state index in [1.807, 2.05) is 26.0 Å². The first-order valence-corrected chi connectivity index (χ1v) is 5.36. The Hall–Kier alpha value is -0.640. The van der Waals surface area contributed by atoms with Crippen molar-refractivity contribution in [3.63, 3.8) is 0 Å². The van der Waals surface area contributed by atoms with E-state index >= 15 is 0 Å². The van der Waals surface area contributed by atoms with Crippen LogP contribution in [0.15, 0.2) is 18.3 Å². The number of aromatic nitrogens is 1. The summed E-state index contributed by atoms with van der Waals surface area (Å²) in [4.78, 5) is 3.96. The minimum absolute atomic E-state index is 0.246. The molecule has 0 aliphatic heterocycles. The van der Waals surface area contributed by atoms with Gasteiger partial charge in [-0.3, -0.25) is 0 Å². The Labute approximate surface area is 95.4 Å². The predicted octanol–water partition coefficient (Wildman–Crippen LogP) is 2.68. The first kappa shape index (κ1) is 12.4. The van der Waals surface area contributed by atoms with Gasteiger partial charge >= 0.3 is 0 Å². The molecule has 1 rings (SSSR count). The minimum atomic E-state index is 0.246. The summed E-state index contributed by atoms with van der Waals surface area (Å²) in [6.07, 6.45) is 1.91. The van der Waals surface area contributed by atoms with Crippen molar-refractivity contribution in [1.82, 2.24) is 4.98 Å². The second-order valence-electron chi connectivity index (χ2n) is 3.43. The van der Waals surface area contributed by atoms with E-state index < -0.39 is 0 Å². The second kappa shape index (κ2) is 6.77. The van der Waals surface area contributed by atoms with Crippen LogP contribution in [-0.4, -0.2) is 24.3 Å². The van der Waals surface area contributed by atoms with E-state index in [1.165, 1.54) is 0 Å². The molecule has 15 heavy (non-hydrogen) atoms. The fourth-order valence-corrected chi connectivity index (χ4v) is 1.23. The first-order valence-electron chi connectivity index (χ1n) is 4.99. The maximum Gasteiger partial charge on any atom is 0.134 e. The van der Waals surface area contributed by atoms with Crippen LogP contribution in [0.4, 0.5) is 0 Å². The van der Waals surface area contributed by atoms with Crippen molar-refractivity contribution in [2.75, 3.05) is 13.2 Å². The molecule has 0 fully saturated rings. The van der Waals surface area contributed by atoms with Gasteiger partial charge in [0, 0.05) is 11.8 Å². The van der Waals surface area contributed by atoms with Gasteiger partial charge in [-0.15, -0.1) is 0 Å². The predicted molar refractivity (Wildman–Crippen MR) is 60.0 cm³/mol. The zero-order valence-corrected chi connectivity index (χ0v) is 9.83. The van der Waals surface area contributed by atoms with Crippen LogP contribution in [0.1, 0.15) is 19.4 Å². The van der Waals surface area contributed by atoms with Gasteiger partial charge in [-0.25, -0.2) is 4.98 Å². The lowest BCUT2D eigenvalue weighted by Crippen LogP contribution is -2.09. The molecule has 0 unspecified atom stereocenters. The Bertz CT molecular complexity index is 292. The Morgan fingerprint density at radius 1 is 1.40 bits per heavy atom. The van der Waals surface area contributed by atoms with Gasteiger partial charge in [-0.2, -0.15) is 0 Å². The van der Waals surface area contributed by atoms with Crippen LogP contribution in [0.25, 0.3) is 0 Å². The van der Waals surface area contributed by atoms with Crippen molar-refractivity contribution in [3.05, 3.63) is 29.0 Å². The van der Waals surface area contributed by atoms with Crippen molar-refractivity contribution < 1.29 is 9.47 Å². The number of rotatable bonds is 6. The van der Waals surface area contributed by atoms with Gasteiger partial charge in [0.15, 0.2) is 0 Å². The van der Waals surface area contributed by atoms with E-state index in [0.717, 1.165) is 5.56 Å². The number of nitrogens with zero attached hydrogens (tertiary/aromatic N) is 1. The molecular weight excluding hydrogens is 214 g/mol. The van der Waals surface area contributed by atoms with Gasteiger partial charge in [0.2, 0.25) is 0 Å².